The lowest BCUT2D eigenvalue weighted by Gasteiger charge is -2.42. The minimum atomic E-state index is -1.78. The zero-order valence-corrected chi connectivity index (χ0v) is 30.3. The van der Waals surface area contributed by atoms with Gasteiger partial charge in [-0.3, -0.25) is 19.8 Å². The number of benzene rings is 1. The van der Waals surface area contributed by atoms with Gasteiger partial charge in [-0.15, -0.1) is 0 Å². The number of nitrogens with zero attached hydrogens (tertiary/aromatic N) is 2. The summed E-state index contributed by atoms with van der Waals surface area (Å²) in [6.45, 7) is 11.2. The monoisotopic (exact) mass is 691 g/mol. The average Bonchev–Trinajstić information content (AvgIpc) is 3.73. The number of esters is 1. The fraction of sp³-hybridized carbons (Fsp3) is 0.629. The third-order valence-corrected chi connectivity index (χ3v) is 10.4. The van der Waals surface area contributed by atoms with Gasteiger partial charge in [0.05, 0.1) is 25.3 Å². The number of carbonyl (C=O) groups excluding carboxylic acids is 3. The number of nitrogens with one attached hydrogen (secondary N) is 1. The summed E-state index contributed by atoms with van der Waals surface area (Å²) in [4.78, 5) is 43.6. The van der Waals surface area contributed by atoms with Crippen LogP contribution in [0.4, 0.5) is 10.5 Å². The van der Waals surface area contributed by atoms with Gasteiger partial charge in [0.2, 0.25) is 5.91 Å². The molecule has 0 aliphatic carbocycles. The highest BCUT2D eigenvalue weighted by Crippen LogP contribution is 2.49. The Kier molecular flexibility index (Phi) is 11.6. The predicted molar refractivity (Wildman–Crippen MR) is 181 cm³/mol. The van der Waals surface area contributed by atoms with Gasteiger partial charge in [0, 0.05) is 32.5 Å². The number of anilines is 1. The van der Waals surface area contributed by atoms with Gasteiger partial charge < -0.3 is 33.7 Å². The van der Waals surface area contributed by atoms with Crippen molar-refractivity contribution in [3.63, 3.8) is 0 Å². The molecule has 2 saturated heterocycles. The van der Waals surface area contributed by atoms with E-state index in [9.17, 15) is 19.5 Å². The third-order valence-electron chi connectivity index (χ3n) is 9.98. The summed E-state index contributed by atoms with van der Waals surface area (Å²) < 4.78 is 29.2. The maximum absolute atomic E-state index is 14.0. The number of hydrogen-bond acceptors (Lipinski definition) is 10. The van der Waals surface area contributed by atoms with E-state index in [0.29, 0.717) is 17.9 Å². The smallest absolute Gasteiger partial charge is 0.409 e. The van der Waals surface area contributed by atoms with Crippen molar-refractivity contribution >= 4 is 35.3 Å². The van der Waals surface area contributed by atoms with Gasteiger partial charge in [-0.25, -0.2) is 4.79 Å². The highest BCUT2D eigenvalue weighted by Gasteiger charge is 2.64. The van der Waals surface area contributed by atoms with Crippen molar-refractivity contribution in [1.29, 1.82) is 0 Å². The molecule has 4 rings (SSSR count). The average molecular weight is 692 g/mol. The number of aliphatic hydroxyl groups is 1. The van der Waals surface area contributed by atoms with E-state index >= 15 is 0 Å². The van der Waals surface area contributed by atoms with Crippen LogP contribution >= 0.6 is 11.6 Å². The number of hydrogen-bond donors (Lipinski definition) is 2. The second-order valence-corrected chi connectivity index (χ2v) is 14.0. The minimum Gasteiger partial charge on any atom is -0.495 e. The lowest BCUT2D eigenvalue weighted by molar-refractivity contribution is -0.159. The Morgan fingerprint density at radius 2 is 1.92 bits per heavy atom. The van der Waals surface area contributed by atoms with Gasteiger partial charge in [0.1, 0.15) is 40.7 Å². The molecule has 3 aliphatic heterocycles. The maximum Gasteiger partial charge on any atom is 0.409 e. The molecule has 3 heterocycles. The Morgan fingerprint density at radius 3 is 2.54 bits per heavy atom. The summed E-state index contributed by atoms with van der Waals surface area (Å²) in [5, 5.41) is 14.5. The van der Waals surface area contributed by atoms with Gasteiger partial charge in [-0.05, 0) is 65.8 Å². The Bertz CT molecular complexity index is 1450. The van der Waals surface area contributed by atoms with E-state index in [1.54, 1.807) is 33.0 Å². The molecule has 3 aliphatic rings. The van der Waals surface area contributed by atoms with E-state index in [0.717, 1.165) is 11.1 Å². The van der Waals surface area contributed by atoms with Crippen LogP contribution in [0.3, 0.4) is 0 Å². The van der Waals surface area contributed by atoms with Crippen LogP contribution in [-0.4, -0.2) is 104 Å². The molecule has 8 atom stereocenters. The molecule has 0 radical (unpaired) electrons. The van der Waals surface area contributed by atoms with Crippen molar-refractivity contribution in [2.24, 2.45) is 5.92 Å². The van der Waals surface area contributed by atoms with Gasteiger partial charge >= 0.3 is 12.1 Å². The number of ether oxygens (including phenoxy) is 5. The highest BCUT2D eigenvalue weighted by atomic mass is 35.5. The molecule has 0 aromatic heterocycles. The normalized spacial score (nSPS) is 33.6. The molecule has 0 saturated carbocycles. The number of epoxide rings is 1. The number of rotatable bonds is 6. The zero-order chi connectivity index (χ0) is 35.7. The van der Waals surface area contributed by atoms with E-state index in [1.165, 1.54) is 19.1 Å². The Morgan fingerprint density at radius 1 is 1.23 bits per heavy atom. The molecule has 4 bridgehead atoms. The number of halogens is 1. The van der Waals surface area contributed by atoms with E-state index in [1.807, 2.05) is 57.9 Å². The van der Waals surface area contributed by atoms with Crippen LogP contribution in [0.1, 0.15) is 59.9 Å². The molecule has 0 spiro atoms. The van der Waals surface area contributed by atoms with Crippen molar-refractivity contribution in [2.45, 2.75) is 109 Å². The second kappa shape index (κ2) is 14.8. The van der Waals surface area contributed by atoms with Crippen LogP contribution in [-0.2, 0) is 35.0 Å². The second-order valence-electron chi connectivity index (χ2n) is 13.7. The van der Waals surface area contributed by atoms with Crippen molar-refractivity contribution in [3.05, 3.63) is 46.5 Å². The number of carbonyl (C=O) groups is 3. The summed E-state index contributed by atoms with van der Waals surface area (Å²) in [7, 11) is 6.41. The van der Waals surface area contributed by atoms with Gasteiger partial charge in [0.15, 0.2) is 5.72 Å². The third kappa shape index (κ3) is 7.83. The molecular weight excluding hydrogens is 642 g/mol. The summed E-state index contributed by atoms with van der Waals surface area (Å²) in [6, 6.07) is 3.11. The fourth-order valence-electron chi connectivity index (χ4n) is 6.46. The first-order valence-electron chi connectivity index (χ1n) is 16.3. The van der Waals surface area contributed by atoms with Crippen LogP contribution in [0.2, 0.25) is 5.02 Å². The van der Waals surface area contributed by atoms with Gasteiger partial charge in [0.25, 0.3) is 0 Å². The van der Waals surface area contributed by atoms with Crippen LogP contribution in [0.25, 0.3) is 0 Å². The van der Waals surface area contributed by atoms with Gasteiger partial charge in [-0.2, -0.15) is 0 Å². The number of methoxy groups -OCH3 is 2. The van der Waals surface area contributed by atoms with E-state index in [4.69, 9.17) is 35.3 Å². The SMILES string of the molecule is COc1cc2cc(c1Cl)N(C)C(=O)C[C@H](OC(=O)[C@H](C)N(C)C(C)C)C1(C)OC1[C@H](C)C1C[C@@](O)(NC(=O)O1)[C@H](OC)/C=C/C=C(\C)C2. The highest BCUT2D eigenvalue weighted by molar-refractivity contribution is 6.35. The van der Waals surface area contributed by atoms with E-state index in [2.05, 4.69) is 5.32 Å². The molecule has 2 N–H and O–H groups in total. The summed E-state index contributed by atoms with van der Waals surface area (Å²) >= 11 is 6.74. The Hall–Kier alpha value is -3.16. The summed E-state index contributed by atoms with van der Waals surface area (Å²) in [5.41, 5.74) is -0.654. The number of alkyl carbamates (subject to hydrolysis) is 1. The molecule has 13 heteroatoms. The van der Waals surface area contributed by atoms with Crippen molar-refractivity contribution in [1.82, 2.24) is 10.2 Å². The lowest BCUT2D eigenvalue weighted by atomic mass is 9.83. The molecule has 3 unspecified atom stereocenters. The summed E-state index contributed by atoms with van der Waals surface area (Å²) in [5.74, 6) is -0.920. The molecule has 1 aromatic carbocycles. The van der Waals surface area contributed by atoms with E-state index < -0.39 is 59.8 Å². The summed E-state index contributed by atoms with van der Waals surface area (Å²) in [6.07, 6.45) is 1.52. The number of allylic oxidation sites excluding steroid dienone is 3. The van der Waals surface area contributed by atoms with Crippen molar-refractivity contribution in [3.8, 4) is 5.75 Å². The molecule has 48 heavy (non-hydrogen) atoms. The number of amides is 2. The fourth-order valence-corrected chi connectivity index (χ4v) is 6.77. The topological polar surface area (TPSA) is 139 Å². The minimum absolute atomic E-state index is 0.00609. The molecule has 1 aromatic rings. The molecule has 2 amide bonds. The number of fused-ring (bicyclic) bond motifs is 5. The Balaban J connectivity index is 1.79. The van der Waals surface area contributed by atoms with Crippen LogP contribution < -0.4 is 15.0 Å². The maximum atomic E-state index is 14.0. The standard InChI is InChI=1S/C35H50ClN3O9/c1-19(2)38(7)22(5)32(41)47-28-17-29(40)39(8)24-15-23(16-25(44-9)30(24)36)14-20(3)12-11-13-27(45-10)35(43)18-26(46-33(42)37-35)21(4)31-34(28,6)48-31/h11-13,15-16,19,21-22,26-28,31,43H,14,17-18H2,1-10H3,(H,37,42)/b13-11+,20-12+/t21-,22+,26?,27-,28+,31?,34?,35+/m1/s1. The quantitative estimate of drug-likeness (QED) is 0.326. The van der Waals surface area contributed by atoms with Crippen molar-refractivity contribution < 1.29 is 43.2 Å². The first-order valence-corrected chi connectivity index (χ1v) is 16.6. The first kappa shape index (κ1) is 37.7. The van der Waals surface area contributed by atoms with Crippen molar-refractivity contribution in [2.75, 3.05) is 33.2 Å². The molecule has 2 fully saturated rings. The van der Waals surface area contributed by atoms with Crippen LogP contribution in [0, 0.1) is 5.92 Å². The zero-order valence-electron chi connectivity index (χ0n) is 29.5. The largest absolute Gasteiger partial charge is 0.495 e. The van der Waals surface area contributed by atoms with Crippen LogP contribution in [0.5, 0.6) is 5.75 Å². The first-order chi connectivity index (χ1) is 22.4. The molecule has 12 nitrogen and oxygen atoms in total. The van der Waals surface area contributed by atoms with Gasteiger partial charge in [-0.1, -0.05) is 42.3 Å². The molecule has 266 valence electrons. The number of likely N-dealkylation sites (N-methyl/N-ethyl adjacent to an activating group) is 1. The lowest BCUT2D eigenvalue weighted by Crippen LogP contribution is -2.63. The van der Waals surface area contributed by atoms with E-state index in [-0.39, 0.29) is 29.8 Å². The van der Waals surface area contributed by atoms with Crippen LogP contribution in [0.15, 0.2) is 35.9 Å². The Labute approximate surface area is 288 Å². The predicted octanol–water partition coefficient (Wildman–Crippen LogP) is 4.40. The molecular formula is C35H50ClN3O9.